The highest BCUT2D eigenvalue weighted by Gasteiger charge is 2.30. The maximum Gasteiger partial charge on any atom is 0.238 e. The third-order valence-electron chi connectivity index (χ3n) is 5.95. The van der Waals surface area contributed by atoms with Crippen LogP contribution in [-0.4, -0.2) is 18.8 Å². The maximum atomic E-state index is 13.3. The van der Waals surface area contributed by atoms with Gasteiger partial charge in [-0.25, -0.2) is 13.6 Å². The highest BCUT2D eigenvalue weighted by atomic mass is 35.5. The molecule has 5 nitrogen and oxygen atoms in total. The van der Waals surface area contributed by atoms with Crippen molar-refractivity contribution in [3.8, 4) is 16.8 Å². The van der Waals surface area contributed by atoms with E-state index in [0.717, 1.165) is 41.0 Å². The van der Waals surface area contributed by atoms with Crippen LogP contribution in [0.2, 0.25) is 5.02 Å². The number of ketones is 1. The molecular formula is C24H25ClN2O3S. The molecule has 7 heteroatoms. The van der Waals surface area contributed by atoms with Crippen molar-refractivity contribution >= 4 is 27.4 Å². The van der Waals surface area contributed by atoms with Gasteiger partial charge >= 0.3 is 0 Å². The van der Waals surface area contributed by atoms with Crippen LogP contribution >= 0.6 is 11.6 Å². The van der Waals surface area contributed by atoms with E-state index in [4.69, 9.17) is 16.7 Å². The van der Waals surface area contributed by atoms with Crippen molar-refractivity contribution in [3.05, 3.63) is 70.0 Å². The minimum atomic E-state index is -3.86. The first-order valence-corrected chi connectivity index (χ1v) is 12.1. The topological polar surface area (TPSA) is 82.2 Å². The van der Waals surface area contributed by atoms with Gasteiger partial charge in [0.05, 0.1) is 4.90 Å². The summed E-state index contributed by atoms with van der Waals surface area (Å²) >= 11 is 6.22. The van der Waals surface area contributed by atoms with Gasteiger partial charge in [-0.2, -0.15) is 0 Å². The summed E-state index contributed by atoms with van der Waals surface area (Å²) in [5, 5.41) is 6.04. The van der Waals surface area contributed by atoms with Gasteiger partial charge in [0.1, 0.15) is 0 Å². The summed E-state index contributed by atoms with van der Waals surface area (Å²) in [5.41, 5.74) is 5.60. The Kier molecular flexibility index (Phi) is 5.58. The molecule has 3 aromatic rings. The molecule has 0 radical (unpaired) electrons. The number of rotatable bonds is 6. The van der Waals surface area contributed by atoms with E-state index < -0.39 is 10.0 Å². The third kappa shape index (κ3) is 4.20. The lowest BCUT2D eigenvalue weighted by Crippen LogP contribution is -2.12. The van der Waals surface area contributed by atoms with Crippen molar-refractivity contribution in [2.75, 3.05) is 0 Å². The number of hydrogen-bond donors (Lipinski definition) is 1. The lowest BCUT2D eigenvalue weighted by atomic mass is 9.95. The molecule has 31 heavy (non-hydrogen) atoms. The van der Waals surface area contributed by atoms with Gasteiger partial charge in [-0.15, -0.1) is 0 Å². The van der Waals surface area contributed by atoms with Crippen molar-refractivity contribution in [1.29, 1.82) is 0 Å². The summed E-state index contributed by atoms with van der Waals surface area (Å²) < 4.78 is 25.9. The third-order valence-corrected chi connectivity index (χ3v) is 7.28. The number of benzene rings is 2. The Morgan fingerprint density at radius 3 is 2.42 bits per heavy atom. The maximum absolute atomic E-state index is 13.3. The van der Waals surface area contributed by atoms with Gasteiger partial charge in [0.2, 0.25) is 10.0 Å². The average molecular weight is 457 g/mol. The molecule has 0 amide bonds. The normalized spacial score (nSPS) is 14.1. The molecule has 0 atom stereocenters. The van der Waals surface area contributed by atoms with Crippen molar-refractivity contribution in [1.82, 2.24) is 4.57 Å². The molecule has 1 fully saturated rings. The fourth-order valence-electron chi connectivity index (χ4n) is 4.20. The highest BCUT2D eigenvalue weighted by molar-refractivity contribution is 7.89. The van der Waals surface area contributed by atoms with Gasteiger partial charge in [-0.1, -0.05) is 23.7 Å². The van der Waals surface area contributed by atoms with Crippen LogP contribution in [0.4, 0.5) is 0 Å². The fraction of sp³-hybridized carbons (Fsp3) is 0.292. The summed E-state index contributed by atoms with van der Waals surface area (Å²) in [4.78, 5) is 13.4. The molecule has 1 aliphatic rings. The largest absolute Gasteiger partial charge is 0.317 e. The van der Waals surface area contributed by atoms with Gasteiger partial charge in [-0.3, -0.25) is 4.79 Å². The van der Waals surface area contributed by atoms with Crippen molar-refractivity contribution in [2.45, 2.75) is 44.9 Å². The molecule has 0 spiro atoms. The second kappa shape index (κ2) is 7.93. The fourth-order valence-corrected chi connectivity index (χ4v) is 4.88. The van der Waals surface area contributed by atoms with Crippen molar-refractivity contribution in [3.63, 3.8) is 0 Å². The first kappa shape index (κ1) is 21.8. The van der Waals surface area contributed by atoms with Crippen LogP contribution in [0, 0.1) is 26.7 Å². The first-order chi connectivity index (χ1) is 14.6. The van der Waals surface area contributed by atoms with E-state index in [0.29, 0.717) is 28.5 Å². The van der Waals surface area contributed by atoms with Crippen LogP contribution in [0.3, 0.4) is 0 Å². The quantitative estimate of drug-likeness (QED) is 0.507. The number of halogens is 1. The zero-order valence-corrected chi connectivity index (χ0v) is 19.3. The van der Waals surface area contributed by atoms with Crippen molar-refractivity contribution < 1.29 is 13.2 Å². The summed E-state index contributed by atoms with van der Waals surface area (Å²) in [6.07, 6.45) is 2.67. The predicted molar refractivity (Wildman–Crippen MR) is 123 cm³/mol. The number of primary sulfonamides is 1. The van der Waals surface area contributed by atoms with Gasteiger partial charge in [0, 0.05) is 39.6 Å². The Labute approximate surface area is 187 Å². The Bertz CT molecular complexity index is 1300. The van der Waals surface area contributed by atoms with E-state index >= 15 is 0 Å². The SMILES string of the molecule is Cc1cc(-n2c(C)c(C(=O)CC3CC3)c(-c3cccc(S(N)(=O)=O)c3)c2C)ccc1Cl. The molecule has 1 heterocycles. The van der Waals surface area contributed by atoms with E-state index in [9.17, 15) is 13.2 Å². The molecule has 1 aliphatic carbocycles. The first-order valence-electron chi connectivity index (χ1n) is 10.2. The predicted octanol–water partition coefficient (Wildman–Crippen LogP) is 5.35. The molecule has 2 aromatic carbocycles. The number of aryl methyl sites for hydroxylation is 1. The Morgan fingerprint density at radius 1 is 1.10 bits per heavy atom. The number of carbonyl (C=O) groups is 1. The zero-order chi connectivity index (χ0) is 22.5. The molecule has 0 saturated heterocycles. The van der Waals surface area contributed by atoms with E-state index in [1.165, 1.54) is 6.07 Å². The van der Waals surface area contributed by atoms with E-state index in [-0.39, 0.29) is 10.7 Å². The molecule has 0 bridgehead atoms. The highest BCUT2D eigenvalue weighted by Crippen LogP contribution is 2.39. The van der Waals surface area contributed by atoms with E-state index in [2.05, 4.69) is 0 Å². The van der Waals surface area contributed by atoms with Gasteiger partial charge in [0.25, 0.3) is 0 Å². The monoisotopic (exact) mass is 456 g/mol. The second-order valence-electron chi connectivity index (χ2n) is 8.33. The number of nitrogens with two attached hydrogens (primary N) is 1. The summed E-state index contributed by atoms with van der Waals surface area (Å²) in [6, 6.07) is 12.2. The molecule has 0 unspecified atom stereocenters. The van der Waals surface area contributed by atoms with Crippen LogP contribution < -0.4 is 5.14 Å². The van der Waals surface area contributed by atoms with Crippen molar-refractivity contribution in [2.24, 2.45) is 11.1 Å². The molecule has 1 aromatic heterocycles. The number of sulfonamides is 1. The summed E-state index contributed by atoms with van der Waals surface area (Å²) in [7, 11) is -3.86. The smallest absolute Gasteiger partial charge is 0.238 e. The van der Waals surface area contributed by atoms with Crippen LogP contribution in [0.15, 0.2) is 47.4 Å². The lowest BCUT2D eigenvalue weighted by molar-refractivity contribution is 0.0976. The molecule has 162 valence electrons. The Balaban J connectivity index is 1.97. The number of hydrogen-bond acceptors (Lipinski definition) is 3. The van der Waals surface area contributed by atoms with Gasteiger partial charge < -0.3 is 4.57 Å². The summed E-state index contributed by atoms with van der Waals surface area (Å²) in [5.74, 6) is 0.528. The zero-order valence-electron chi connectivity index (χ0n) is 17.8. The van der Waals surface area contributed by atoms with Crippen LogP contribution in [0.1, 0.15) is 46.6 Å². The number of Topliss-reactive ketones (excluding diaryl/α,β-unsaturated/α-hetero) is 1. The van der Waals surface area contributed by atoms with Gasteiger partial charge in [0.15, 0.2) is 5.78 Å². The second-order valence-corrected chi connectivity index (χ2v) is 10.3. The average Bonchev–Trinajstić information content (AvgIpc) is 3.47. The Hall–Kier alpha value is -2.41. The minimum absolute atomic E-state index is 0.0257. The number of aromatic nitrogens is 1. The molecule has 4 rings (SSSR count). The summed E-state index contributed by atoms with van der Waals surface area (Å²) in [6.45, 7) is 5.82. The molecule has 2 N–H and O–H groups in total. The van der Waals surface area contributed by atoms with E-state index in [1.807, 2.05) is 49.6 Å². The Morgan fingerprint density at radius 2 is 1.81 bits per heavy atom. The standard InChI is InChI=1S/C24H25ClN2O3S/c1-14-11-19(9-10-21(14)25)27-15(2)23(18-5-4-6-20(13-18)31(26,29)30)24(16(27)3)22(28)12-17-7-8-17/h4-6,9-11,13,17H,7-8,12H2,1-3H3,(H2,26,29,30). The number of carbonyl (C=O) groups excluding carboxylic acids is 1. The van der Waals surface area contributed by atoms with Crippen LogP contribution in [0.5, 0.6) is 0 Å². The van der Waals surface area contributed by atoms with E-state index in [1.54, 1.807) is 12.1 Å². The molecule has 0 aliphatic heterocycles. The van der Waals surface area contributed by atoms with Crippen LogP contribution in [0.25, 0.3) is 16.8 Å². The lowest BCUT2D eigenvalue weighted by Gasteiger charge is -2.12. The molecular weight excluding hydrogens is 432 g/mol. The number of nitrogens with zero attached hydrogens (tertiary/aromatic N) is 1. The van der Waals surface area contributed by atoms with Gasteiger partial charge in [-0.05, 0) is 81.0 Å². The minimum Gasteiger partial charge on any atom is -0.317 e. The van der Waals surface area contributed by atoms with Crippen LogP contribution in [-0.2, 0) is 10.0 Å². The molecule has 1 saturated carbocycles.